The predicted octanol–water partition coefficient (Wildman–Crippen LogP) is 4.25. The fourth-order valence-corrected chi connectivity index (χ4v) is 1.97. The molecule has 1 rings (SSSR count). The topological polar surface area (TPSA) is 20.2 Å². The number of hydrogen-bond donors (Lipinski definition) is 1. The van der Waals surface area contributed by atoms with Gasteiger partial charge in [-0.25, -0.2) is 0 Å². The number of hydrogen-bond acceptors (Lipinski definition) is 1. The molecule has 0 heterocycles. The van der Waals surface area contributed by atoms with Crippen LogP contribution in [0.5, 0.6) is 0 Å². The SMILES string of the molecule is C=CCCC(C)(O)Cc1cc(Cl)ccc1Cl. The molecule has 16 heavy (non-hydrogen) atoms. The zero-order valence-corrected chi connectivity index (χ0v) is 10.9. The Morgan fingerprint density at radius 2 is 2.12 bits per heavy atom. The monoisotopic (exact) mass is 258 g/mol. The number of rotatable bonds is 5. The molecule has 0 radical (unpaired) electrons. The fraction of sp³-hybridized carbons (Fsp3) is 0.385. The van der Waals surface area contributed by atoms with Gasteiger partial charge >= 0.3 is 0 Å². The highest BCUT2D eigenvalue weighted by molar-refractivity contribution is 6.33. The van der Waals surface area contributed by atoms with Crippen LogP contribution in [0.1, 0.15) is 25.3 Å². The van der Waals surface area contributed by atoms with E-state index in [1.165, 1.54) is 0 Å². The van der Waals surface area contributed by atoms with Gasteiger partial charge in [0.15, 0.2) is 0 Å². The van der Waals surface area contributed by atoms with Crippen LogP contribution in [0.2, 0.25) is 10.0 Å². The predicted molar refractivity (Wildman–Crippen MR) is 70.2 cm³/mol. The van der Waals surface area contributed by atoms with E-state index >= 15 is 0 Å². The van der Waals surface area contributed by atoms with Gasteiger partial charge in [0.05, 0.1) is 5.60 Å². The van der Waals surface area contributed by atoms with Gasteiger partial charge in [-0.3, -0.25) is 0 Å². The zero-order valence-electron chi connectivity index (χ0n) is 9.34. The van der Waals surface area contributed by atoms with E-state index in [0.29, 0.717) is 22.9 Å². The van der Waals surface area contributed by atoms with Crippen molar-refractivity contribution >= 4 is 23.2 Å². The summed E-state index contributed by atoms with van der Waals surface area (Å²) in [6, 6.07) is 5.29. The minimum Gasteiger partial charge on any atom is -0.390 e. The van der Waals surface area contributed by atoms with Crippen molar-refractivity contribution in [2.24, 2.45) is 0 Å². The molecule has 0 fully saturated rings. The Bertz CT molecular complexity index is 372. The third-order valence-corrected chi connectivity index (χ3v) is 3.07. The Balaban J connectivity index is 2.78. The molecule has 0 amide bonds. The van der Waals surface area contributed by atoms with Gasteiger partial charge in [-0.1, -0.05) is 29.3 Å². The molecule has 0 bridgehead atoms. The first-order valence-electron chi connectivity index (χ1n) is 5.22. The van der Waals surface area contributed by atoms with Crippen LogP contribution in [0.25, 0.3) is 0 Å². The quantitative estimate of drug-likeness (QED) is 0.783. The summed E-state index contributed by atoms with van der Waals surface area (Å²) in [5.74, 6) is 0. The lowest BCUT2D eigenvalue weighted by atomic mass is 9.92. The van der Waals surface area contributed by atoms with Crippen molar-refractivity contribution < 1.29 is 5.11 Å². The van der Waals surface area contributed by atoms with Crippen molar-refractivity contribution in [3.63, 3.8) is 0 Å². The first-order chi connectivity index (χ1) is 7.44. The summed E-state index contributed by atoms with van der Waals surface area (Å²) in [4.78, 5) is 0. The van der Waals surface area contributed by atoms with Crippen LogP contribution >= 0.6 is 23.2 Å². The van der Waals surface area contributed by atoms with Crippen LogP contribution in [0.3, 0.4) is 0 Å². The van der Waals surface area contributed by atoms with Crippen LogP contribution in [0, 0.1) is 0 Å². The highest BCUT2D eigenvalue weighted by Gasteiger charge is 2.21. The molecule has 0 aliphatic heterocycles. The number of allylic oxidation sites excluding steroid dienone is 1. The van der Waals surface area contributed by atoms with Crippen molar-refractivity contribution in [1.29, 1.82) is 0 Å². The lowest BCUT2D eigenvalue weighted by Crippen LogP contribution is -2.26. The molecule has 3 heteroatoms. The second-order valence-electron chi connectivity index (χ2n) is 4.24. The van der Waals surface area contributed by atoms with Crippen molar-refractivity contribution in [2.75, 3.05) is 0 Å². The van der Waals surface area contributed by atoms with Crippen LogP contribution in [-0.4, -0.2) is 10.7 Å². The van der Waals surface area contributed by atoms with Gasteiger partial charge in [-0.15, -0.1) is 6.58 Å². The van der Waals surface area contributed by atoms with Crippen LogP contribution in [-0.2, 0) is 6.42 Å². The smallest absolute Gasteiger partial charge is 0.0663 e. The van der Waals surface area contributed by atoms with Crippen LogP contribution in [0.4, 0.5) is 0 Å². The Labute approximate surface area is 107 Å². The van der Waals surface area contributed by atoms with E-state index in [1.54, 1.807) is 31.2 Å². The molecule has 1 aromatic rings. The van der Waals surface area contributed by atoms with E-state index in [9.17, 15) is 5.11 Å². The summed E-state index contributed by atoms with van der Waals surface area (Å²) in [6.45, 7) is 5.44. The average molecular weight is 259 g/mol. The Morgan fingerprint density at radius 3 is 2.75 bits per heavy atom. The summed E-state index contributed by atoms with van der Waals surface area (Å²) in [7, 11) is 0. The molecule has 0 saturated carbocycles. The van der Waals surface area contributed by atoms with E-state index in [2.05, 4.69) is 6.58 Å². The molecule has 88 valence electrons. The number of benzene rings is 1. The van der Waals surface area contributed by atoms with E-state index < -0.39 is 5.60 Å². The van der Waals surface area contributed by atoms with E-state index in [0.717, 1.165) is 12.0 Å². The molecule has 0 saturated heterocycles. The van der Waals surface area contributed by atoms with Gasteiger partial charge in [0.1, 0.15) is 0 Å². The highest BCUT2D eigenvalue weighted by atomic mass is 35.5. The van der Waals surface area contributed by atoms with Gasteiger partial charge in [0, 0.05) is 16.5 Å². The fourth-order valence-electron chi connectivity index (χ4n) is 1.59. The summed E-state index contributed by atoms with van der Waals surface area (Å²) in [5, 5.41) is 11.4. The molecular formula is C13H16Cl2O. The van der Waals surface area contributed by atoms with Crippen molar-refractivity contribution in [3.8, 4) is 0 Å². The third-order valence-electron chi connectivity index (χ3n) is 2.47. The maximum Gasteiger partial charge on any atom is 0.0663 e. The molecule has 0 aromatic heterocycles. The lowest BCUT2D eigenvalue weighted by Gasteiger charge is -2.23. The maximum atomic E-state index is 10.2. The summed E-state index contributed by atoms with van der Waals surface area (Å²) < 4.78 is 0. The molecular weight excluding hydrogens is 243 g/mol. The zero-order chi connectivity index (χ0) is 12.2. The molecule has 0 spiro atoms. The molecule has 1 N–H and O–H groups in total. The van der Waals surface area contributed by atoms with E-state index in [4.69, 9.17) is 23.2 Å². The van der Waals surface area contributed by atoms with Gasteiger partial charge < -0.3 is 5.11 Å². The Morgan fingerprint density at radius 1 is 1.44 bits per heavy atom. The molecule has 1 atom stereocenters. The molecule has 1 nitrogen and oxygen atoms in total. The van der Waals surface area contributed by atoms with Gasteiger partial charge in [0.2, 0.25) is 0 Å². The first kappa shape index (κ1) is 13.6. The molecule has 0 aliphatic rings. The standard InChI is InChI=1S/C13H16Cl2O/c1-3-4-7-13(2,16)9-10-8-11(14)5-6-12(10)15/h3,5-6,8,16H,1,4,7,9H2,2H3. The molecule has 1 aromatic carbocycles. The summed E-state index contributed by atoms with van der Waals surface area (Å²) >= 11 is 11.9. The first-order valence-corrected chi connectivity index (χ1v) is 5.97. The largest absolute Gasteiger partial charge is 0.390 e. The van der Waals surface area contributed by atoms with Crippen molar-refractivity contribution in [1.82, 2.24) is 0 Å². The minimum atomic E-state index is -0.775. The van der Waals surface area contributed by atoms with Crippen molar-refractivity contribution in [2.45, 2.75) is 31.8 Å². The van der Waals surface area contributed by atoms with Crippen LogP contribution < -0.4 is 0 Å². The lowest BCUT2D eigenvalue weighted by molar-refractivity contribution is 0.0523. The van der Waals surface area contributed by atoms with Crippen LogP contribution in [0.15, 0.2) is 30.9 Å². The third kappa shape index (κ3) is 4.17. The van der Waals surface area contributed by atoms with Gasteiger partial charge in [0.25, 0.3) is 0 Å². The Hall–Kier alpha value is -0.500. The normalized spacial score (nSPS) is 14.5. The van der Waals surface area contributed by atoms with Crippen molar-refractivity contribution in [3.05, 3.63) is 46.5 Å². The molecule has 1 unspecified atom stereocenters. The number of aliphatic hydroxyl groups is 1. The minimum absolute atomic E-state index is 0.500. The summed E-state index contributed by atoms with van der Waals surface area (Å²) in [5.41, 5.74) is 0.103. The van der Waals surface area contributed by atoms with Gasteiger partial charge in [-0.05, 0) is 43.5 Å². The second-order valence-corrected chi connectivity index (χ2v) is 5.08. The summed E-state index contributed by atoms with van der Waals surface area (Å²) in [6.07, 6.45) is 3.75. The van der Waals surface area contributed by atoms with Gasteiger partial charge in [-0.2, -0.15) is 0 Å². The number of halogens is 2. The van der Waals surface area contributed by atoms with E-state index in [1.807, 2.05) is 0 Å². The highest BCUT2D eigenvalue weighted by Crippen LogP contribution is 2.26. The van der Waals surface area contributed by atoms with E-state index in [-0.39, 0.29) is 0 Å². The second kappa shape index (κ2) is 5.72. The molecule has 0 aliphatic carbocycles. The maximum absolute atomic E-state index is 10.2. The average Bonchev–Trinajstić information content (AvgIpc) is 2.20. The Kier molecular flexibility index (Phi) is 4.85.